The fraction of sp³-hybridized carbons (Fsp3) is 0.500. The van der Waals surface area contributed by atoms with E-state index in [0.717, 1.165) is 28.6 Å². The zero-order valence-corrected chi connectivity index (χ0v) is 13.6. The van der Waals surface area contributed by atoms with Crippen molar-refractivity contribution in [3.05, 3.63) is 32.4 Å². The normalized spacial score (nSPS) is 29.6. The van der Waals surface area contributed by atoms with Crippen molar-refractivity contribution in [2.75, 3.05) is 13.1 Å². The van der Waals surface area contributed by atoms with Gasteiger partial charge in [0.05, 0.1) is 5.56 Å². The van der Waals surface area contributed by atoms with Crippen LogP contribution in [0, 0.1) is 9.49 Å². The van der Waals surface area contributed by atoms with Gasteiger partial charge in [-0.1, -0.05) is 11.6 Å². The van der Waals surface area contributed by atoms with E-state index in [1.165, 1.54) is 0 Å². The predicted molar refractivity (Wildman–Crippen MR) is 84.6 cm³/mol. The molecule has 3 atom stereocenters. The number of hydrogen-bond donors (Lipinski definition) is 1. The summed E-state index contributed by atoms with van der Waals surface area (Å²) in [6.07, 6.45) is 1.10. The molecule has 2 fully saturated rings. The van der Waals surface area contributed by atoms with Gasteiger partial charge in [-0.2, -0.15) is 0 Å². The minimum absolute atomic E-state index is 0.121. The number of carbonyl (C=O) groups is 1. The van der Waals surface area contributed by atoms with E-state index in [1.54, 1.807) is 6.07 Å². The highest BCUT2D eigenvalue weighted by Gasteiger charge is 2.44. The maximum Gasteiger partial charge on any atom is 0.255 e. The van der Waals surface area contributed by atoms with Crippen LogP contribution in [0.5, 0.6) is 0 Å². The van der Waals surface area contributed by atoms with E-state index in [4.69, 9.17) is 11.6 Å². The summed E-state index contributed by atoms with van der Waals surface area (Å²) < 4.78 is 0.966. The van der Waals surface area contributed by atoms with E-state index < -0.39 is 0 Å². The first-order chi connectivity index (χ1) is 9.08. The van der Waals surface area contributed by atoms with Crippen LogP contribution in [0.1, 0.15) is 23.7 Å². The van der Waals surface area contributed by atoms with E-state index in [1.807, 2.05) is 12.1 Å². The molecule has 102 valence electrons. The number of hydrogen-bond acceptors (Lipinski definition) is 2. The standard InChI is InChI=1S/C14H16ClIN2O/c1-8-4-9-6-17-7-13(9)18(8)14(19)11-5-10(15)2-3-12(11)16/h2-3,5,8-9,13,17H,4,6-7H2,1H3. The molecule has 5 heteroatoms. The van der Waals surface area contributed by atoms with E-state index in [0.29, 0.717) is 23.0 Å². The van der Waals surface area contributed by atoms with Crippen molar-refractivity contribution in [1.82, 2.24) is 10.2 Å². The van der Waals surface area contributed by atoms with Gasteiger partial charge in [-0.3, -0.25) is 4.79 Å². The van der Waals surface area contributed by atoms with Crippen molar-refractivity contribution in [3.63, 3.8) is 0 Å². The molecule has 1 aromatic rings. The highest BCUT2D eigenvalue weighted by atomic mass is 127. The van der Waals surface area contributed by atoms with Crippen LogP contribution in [0.15, 0.2) is 18.2 Å². The number of fused-ring (bicyclic) bond motifs is 1. The Hall–Kier alpha value is -0.330. The Kier molecular flexibility index (Phi) is 3.75. The Morgan fingerprint density at radius 1 is 1.47 bits per heavy atom. The van der Waals surface area contributed by atoms with Crippen LogP contribution >= 0.6 is 34.2 Å². The average Bonchev–Trinajstić information content (AvgIpc) is 2.91. The van der Waals surface area contributed by atoms with Crippen molar-refractivity contribution >= 4 is 40.1 Å². The maximum atomic E-state index is 12.8. The Bertz CT molecular complexity index is 522. The molecule has 0 aliphatic carbocycles. The summed E-state index contributed by atoms with van der Waals surface area (Å²) >= 11 is 8.23. The lowest BCUT2D eigenvalue weighted by Gasteiger charge is -2.28. The molecular formula is C14H16ClIN2O. The molecule has 19 heavy (non-hydrogen) atoms. The average molecular weight is 391 g/mol. The maximum absolute atomic E-state index is 12.8. The summed E-state index contributed by atoms with van der Waals surface area (Å²) in [5.41, 5.74) is 0.729. The molecule has 0 spiro atoms. The molecule has 2 aliphatic rings. The third-order valence-electron chi connectivity index (χ3n) is 4.17. The van der Waals surface area contributed by atoms with Gasteiger partial charge in [0.25, 0.3) is 5.91 Å². The number of halogens is 2. The quantitative estimate of drug-likeness (QED) is 0.748. The third kappa shape index (κ3) is 2.38. The monoisotopic (exact) mass is 390 g/mol. The number of amides is 1. The molecule has 1 N–H and O–H groups in total. The molecule has 3 nitrogen and oxygen atoms in total. The number of benzene rings is 1. The first kappa shape index (κ1) is 13.6. The van der Waals surface area contributed by atoms with Gasteiger partial charge in [0.15, 0.2) is 0 Å². The topological polar surface area (TPSA) is 32.3 Å². The molecule has 3 unspecified atom stereocenters. The van der Waals surface area contributed by atoms with Crippen LogP contribution < -0.4 is 5.32 Å². The van der Waals surface area contributed by atoms with Crippen LogP contribution in [0.4, 0.5) is 0 Å². The van der Waals surface area contributed by atoms with E-state index >= 15 is 0 Å². The summed E-state index contributed by atoms with van der Waals surface area (Å²) in [5.74, 6) is 0.728. The summed E-state index contributed by atoms with van der Waals surface area (Å²) in [4.78, 5) is 14.9. The van der Waals surface area contributed by atoms with Crippen LogP contribution in [-0.2, 0) is 0 Å². The van der Waals surface area contributed by atoms with Crippen molar-refractivity contribution in [3.8, 4) is 0 Å². The number of nitrogens with zero attached hydrogens (tertiary/aromatic N) is 1. The molecule has 1 amide bonds. The fourth-order valence-corrected chi connectivity index (χ4v) is 4.05. The smallest absolute Gasteiger partial charge is 0.255 e. The van der Waals surface area contributed by atoms with Gasteiger partial charge in [-0.25, -0.2) is 0 Å². The second-order valence-electron chi connectivity index (χ2n) is 5.41. The van der Waals surface area contributed by atoms with Crippen molar-refractivity contribution < 1.29 is 4.79 Å². The van der Waals surface area contributed by atoms with E-state index in [9.17, 15) is 4.79 Å². The highest BCUT2D eigenvalue weighted by Crippen LogP contribution is 2.34. The summed E-state index contributed by atoms with van der Waals surface area (Å²) in [6, 6.07) is 6.18. The van der Waals surface area contributed by atoms with Gasteiger partial charge in [0, 0.05) is 33.8 Å². The van der Waals surface area contributed by atoms with E-state index in [-0.39, 0.29) is 5.91 Å². The van der Waals surface area contributed by atoms with Gasteiger partial charge >= 0.3 is 0 Å². The summed E-state index contributed by atoms with van der Waals surface area (Å²) in [5, 5.41) is 4.01. The highest BCUT2D eigenvalue weighted by molar-refractivity contribution is 14.1. The summed E-state index contributed by atoms with van der Waals surface area (Å²) in [7, 11) is 0. The van der Waals surface area contributed by atoms with Crippen LogP contribution in [0.2, 0.25) is 5.02 Å². The van der Waals surface area contributed by atoms with Gasteiger partial charge in [0.2, 0.25) is 0 Å². The second kappa shape index (κ2) is 5.22. The number of likely N-dealkylation sites (tertiary alicyclic amines) is 1. The molecular weight excluding hydrogens is 375 g/mol. The molecule has 3 rings (SSSR count). The molecule has 2 heterocycles. The van der Waals surface area contributed by atoms with Crippen LogP contribution in [0.3, 0.4) is 0 Å². The Balaban J connectivity index is 1.93. The molecule has 2 saturated heterocycles. The number of carbonyl (C=O) groups excluding carboxylic acids is 1. The Morgan fingerprint density at radius 2 is 2.26 bits per heavy atom. The van der Waals surface area contributed by atoms with E-state index in [2.05, 4.69) is 39.7 Å². The lowest BCUT2D eigenvalue weighted by atomic mass is 10.0. The van der Waals surface area contributed by atoms with Crippen molar-refractivity contribution in [2.45, 2.75) is 25.4 Å². The van der Waals surface area contributed by atoms with Crippen LogP contribution in [-0.4, -0.2) is 36.0 Å². The Morgan fingerprint density at radius 3 is 3.05 bits per heavy atom. The van der Waals surface area contributed by atoms with Gasteiger partial charge in [-0.05, 0) is 60.1 Å². The van der Waals surface area contributed by atoms with Gasteiger partial charge in [-0.15, -0.1) is 0 Å². The number of nitrogens with one attached hydrogen (secondary N) is 1. The molecule has 0 bridgehead atoms. The largest absolute Gasteiger partial charge is 0.331 e. The molecule has 2 aliphatic heterocycles. The lowest BCUT2D eigenvalue weighted by Crippen LogP contribution is -2.43. The predicted octanol–water partition coefficient (Wildman–Crippen LogP) is 2.77. The minimum atomic E-state index is 0.121. The summed E-state index contributed by atoms with van der Waals surface area (Å²) in [6.45, 7) is 4.09. The van der Waals surface area contributed by atoms with Crippen molar-refractivity contribution in [2.24, 2.45) is 5.92 Å². The second-order valence-corrected chi connectivity index (χ2v) is 7.01. The first-order valence-corrected chi connectivity index (χ1v) is 8.02. The number of rotatable bonds is 1. The first-order valence-electron chi connectivity index (χ1n) is 6.56. The van der Waals surface area contributed by atoms with Crippen molar-refractivity contribution in [1.29, 1.82) is 0 Å². The van der Waals surface area contributed by atoms with Gasteiger partial charge in [0.1, 0.15) is 0 Å². The zero-order chi connectivity index (χ0) is 13.6. The lowest BCUT2D eigenvalue weighted by molar-refractivity contribution is 0.0681. The third-order valence-corrected chi connectivity index (χ3v) is 5.35. The molecule has 0 saturated carbocycles. The molecule has 0 radical (unpaired) electrons. The minimum Gasteiger partial charge on any atom is -0.331 e. The Labute approximate surface area is 131 Å². The molecule has 0 aromatic heterocycles. The zero-order valence-electron chi connectivity index (χ0n) is 10.7. The fourth-order valence-electron chi connectivity index (χ4n) is 3.32. The SMILES string of the molecule is CC1CC2CNCC2N1C(=O)c1cc(Cl)ccc1I. The van der Waals surface area contributed by atoms with Crippen LogP contribution in [0.25, 0.3) is 0 Å². The molecule has 1 aromatic carbocycles. The van der Waals surface area contributed by atoms with Gasteiger partial charge < -0.3 is 10.2 Å².